The van der Waals surface area contributed by atoms with Crippen LogP contribution in [0.4, 0.5) is 15.9 Å². The first-order valence-electron chi connectivity index (χ1n) is 10.3. The number of nitrogens with two attached hydrogens (primary N) is 2. The normalized spacial score (nSPS) is 20.1. The molecule has 1 aromatic carbocycles. The molecule has 0 bridgehead atoms. The van der Waals surface area contributed by atoms with Gasteiger partial charge in [0.1, 0.15) is 12.4 Å². The number of aromatic nitrogens is 2. The molecule has 1 unspecified atom stereocenters. The zero-order chi connectivity index (χ0) is 21.8. The Morgan fingerprint density at radius 1 is 1.19 bits per heavy atom. The maximum Gasteiger partial charge on any atom is 0.233 e. The first-order valence-corrected chi connectivity index (χ1v) is 10.3. The Bertz CT molecular complexity index is 903. The largest absolute Gasteiger partial charge is 0.470 e. The van der Waals surface area contributed by atoms with E-state index < -0.39 is 0 Å². The fourth-order valence-electron chi connectivity index (χ4n) is 3.79. The summed E-state index contributed by atoms with van der Waals surface area (Å²) < 4.78 is 24.6. The Balaban J connectivity index is 1.37. The number of rotatable bonds is 6. The van der Waals surface area contributed by atoms with Gasteiger partial charge in [0.15, 0.2) is 5.82 Å². The van der Waals surface area contributed by atoms with E-state index in [4.69, 9.17) is 21.1 Å². The average molecular weight is 430 g/mol. The van der Waals surface area contributed by atoms with Gasteiger partial charge in [-0.3, -0.25) is 9.91 Å². The molecule has 2 saturated heterocycles. The number of anilines is 2. The number of halogens is 1. The Morgan fingerprint density at radius 3 is 2.71 bits per heavy atom. The summed E-state index contributed by atoms with van der Waals surface area (Å²) in [6.07, 6.45) is 0. The van der Waals surface area contributed by atoms with E-state index in [9.17, 15) is 4.39 Å². The molecule has 2 aliphatic heterocycles. The van der Waals surface area contributed by atoms with Gasteiger partial charge in [-0.05, 0) is 37.3 Å². The molecule has 10 heteroatoms. The summed E-state index contributed by atoms with van der Waals surface area (Å²) >= 11 is 0. The molecule has 0 amide bonds. The predicted octanol–water partition coefficient (Wildman–Crippen LogP) is 1.09. The van der Waals surface area contributed by atoms with Crippen LogP contribution < -0.4 is 26.2 Å². The summed E-state index contributed by atoms with van der Waals surface area (Å²) in [4.78, 5) is 4.69. The van der Waals surface area contributed by atoms with Crippen LogP contribution >= 0.6 is 0 Å². The minimum atomic E-state index is -0.337. The van der Waals surface area contributed by atoms with Crippen molar-refractivity contribution in [1.29, 1.82) is 0 Å². The highest BCUT2D eigenvalue weighted by molar-refractivity contribution is 5.51. The number of hydrazine groups is 1. The van der Waals surface area contributed by atoms with Gasteiger partial charge < -0.3 is 20.1 Å². The van der Waals surface area contributed by atoms with Crippen LogP contribution in [-0.4, -0.2) is 67.1 Å². The molecule has 1 aromatic heterocycles. The van der Waals surface area contributed by atoms with E-state index in [-0.39, 0.29) is 12.4 Å². The molecular formula is C21H28FN7O2. The number of piperazine rings is 1. The second-order valence-corrected chi connectivity index (χ2v) is 7.71. The number of hydrogen-bond acceptors (Lipinski definition) is 9. The zero-order valence-electron chi connectivity index (χ0n) is 17.6. The molecule has 2 aliphatic rings. The SMILES string of the molecule is C/C(N)=C(\COc1ccc(N2CCN3CCOCC3C2)nn1)N(N)c1ccc(F)cc1. The Labute approximate surface area is 181 Å². The fourth-order valence-corrected chi connectivity index (χ4v) is 3.79. The summed E-state index contributed by atoms with van der Waals surface area (Å²) in [6.45, 7) is 7.15. The predicted molar refractivity (Wildman–Crippen MR) is 116 cm³/mol. The molecule has 0 saturated carbocycles. The van der Waals surface area contributed by atoms with Crippen molar-refractivity contribution >= 4 is 11.5 Å². The van der Waals surface area contributed by atoms with Crippen molar-refractivity contribution in [2.24, 2.45) is 11.6 Å². The number of fused-ring (bicyclic) bond motifs is 1. The number of ether oxygens (including phenoxy) is 2. The molecule has 166 valence electrons. The summed E-state index contributed by atoms with van der Waals surface area (Å²) in [5.74, 6) is 7.01. The molecule has 0 spiro atoms. The first kappa shape index (κ1) is 21.3. The van der Waals surface area contributed by atoms with Crippen LogP contribution in [0.1, 0.15) is 6.92 Å². The molecule has 0 aliphatic carbocycles. The van der Waals surface area contributed by atoms with Gasteiger partial charge in [-0.1, -0.05) is 0 Å². The molecular weight excluding hydrogens is 401 g/mol. The van der Waals surface area contributed by atoms with Crippen LogP contribution in [0.15, 0.2) is 47.8 Å². The first-order chi connectivity index (χ1) is 15.0. The highest BCUT2D eigenvalue weighted by Crippen LogP contribution is 2.21. The Morgan fingerprint density at radius 2 is 2.00 bits per heavy atom. The van der Waals surface area contributed by atoms with Crippen LogP contribution in [0.5, 0.6) is 5.88 Å². The van der Waals surface area contributed by atoms with E-state index in [0.717, 1.165) is 45.2 Å². The Hall–Kier alpha value is -2.95. The lowest BCUT2D eigenvalue weighted by Gasteiger charge is -2.43. The topological polar surface area (TPSA) is 106 Å². The van der Waals surface area contributed by atoms with Crippen LogP contribution in [0, 0.1) is 5.82 Å². The number of benzene rings is 1. The van der Waals surface area contributed by atoms with Gasteiger partial charge in [0.05, 0.1) is 30.6 Å². The molecule has 31 heavy (non-hydrogen) atoms. The fraction of sp³-hybridized carbons (Fsp3) is 0.429. The second-order valence-electron chi connectivity index (χ2n) is 7.71. The number of allylic oxidation sites excluding steroid dienone is 1. The summed E-state index contributed by atoms with van der Waals surface area (Å²) in [5, 5.41) is 9.91. The molecule has 2 fully saturated rings. The van der Waals surface area contributed by atoms with Crippen LogP contribution in [-0.2, 0) is 4.74 Å². The quantitative estimate of drug-likeness (QED) is 0.515. The van der Waals surface area contributed by atoms with Gasteiger partial charge in [0.2, 0.25) is 5.88 Å². The molecule has 0 radical (unpaired) electrons. The smallest absolute Gasteiger partial charge is 0.233 e. The van der Waals surface area contributed by atoms with Crippen molar-refractivity contribution in [2.75, 3.05) is 55.9 Å². The Kier molecular flexibility index (Phi) is 6.50. The molecule has 4 N–H and O–H groups in total. The van der Waals surface area contributed by atoms with Gasteiger partial charge in [0, 0.05) is 37.9 Å². The van der Waals surface area contributed by atoms with E-state index in [2.05, 4.69) is 20.0 Å². The van der Waals surface area contributed by atoms with Crippen molar-refractivity contribution in [1.82, 2.24) is 15.1 Å². The van der Waals surface area contributed by atoms with Crippen LogP contribution in [0.25, 0.3) is 0 Å². The van der Waals surface area contributed by atoms with E-state index >= 15 is 0 Å². The van der Waals surface area contributed by atoms with Gasteiger partial charge in [0.25, 0.3) is 0 Å². The molecule has 2 aromatic rings. The third-order valence-electron chi connectivity index (χ3n) is 5.60. The number of morpholine rings is 1. The minimum Gasteiger partial charge on any atom is -0.470 e. The zero-order valence-corrected chi connectivity index (χ0v) is 17.6. The lowest BCUT2D eigenvalue weighted by Crippen LogP contribution is -2.58. The number of nitrogens with zero attached hydrogens (tertiary/aromatic N) is 5. The van der Waals surface area contributed by atoms with Crippen LogP contribution in [0.3, 0.4) is 0 Å². The maximum absolute atomic E-state index is 13.2. The van der Waals surface area contributed by atoms with Crippen molar-refractivity contribution in [3.63, 3.8) is 0 Å². The van der Waals surface area contributed by atoms with Crippen molar-refractivity contribution in [3.05, 3.63) is 53.6 Å². The van der Waals surface area contributed by atoms with E-state index in [0.29, 0.717) is 29.0 Å². The molecule has 4 rings (SSSR count). The summed E-state index contributed by atoms with van der Waals surface area (Å²) in [5.41, 5.74) is 7.62. The van der Waals surface area contributed by atoms with Crippen molar-refractivity contribution in [3.8, 4) is 5.88 Å². The highest BCUT2D eigenvalue weighted by Gasteiger charge is 2.30. The monoisotopic (exact) mass is 429 g/mol. The molecule has 3 heterocycles. The van der Waals surface area contributed by atoms with Crippen LogP contribution in [0.2, 0.25) is 0 Å². The van der Waals surface area contributed by atoms with Crippen molar-refractivity contribution in [2.45, 2.75) is 13.0 Å². The second kappa shape index (κ2) is 9.46. The third-order valence-corrected chi connectivity index (χ3v) is 5.60. The maximum atomic E-state index is 13.2. The van der Waals surface area contributed by atoms with Gasteiger partial charge in [-0.25, -0.2) is 10.2 Å². The van der Waals surface area contributed by atoms with Gasteiger partial charge >= 0.3 is 0 Å². The number of hydrogen-bond donors (Lipinski definition) is 2. The third kappa shape index (κ3) is 5.04. The standard InChI is InChI=1S/C21H28FN7O2/c1-15(23)19(29(24)17-4-2-16(22)3-5-17)14-31-21-7-6-20(25-26-21)28-9-8-27-10-11-30-13-18(27)12-28/h2-7,18H,8-14,23-24H2,1H3/b19-15-. The molecule has 1 atom stereocenters. The lowest BCUT2D eigenvalue weighted by atomic mass is 10.1. The lowest BCUT2D eigenvalue weighted by molar-refractivity contribution is -0.0118. The van der Waals surface area contributed by atoms with E-state index in [1.165, 1.54) is 17.1 Å². The van der Waals surface area contributed by atoms with E-state index in [1.54, 1.807) is 25.1 Å². The average Bonchev–Trinajstić information content (AvgIpc) is 2.79. The van der Waals surface area contributed by atoms with Gasteiger partial charge in [-0.2, -0.15) is 0 Å². The van der Waals surface area contributed by atoms with Gasteiger partial charge in [-0.15, -0.1) is 10.2 Å². The highest BCUT2D eigenvalue weighted by atomic mass is 19.1. The van der Waals surface area contributed by atoms with Crippen molar-refractivity contribution < 1.29 is 13.9 Å². The summed E-state index contributed by atoms with van der Waals surface area (Å²) in [7, 11) is 0. The van der Waals surface area contributed by atoms with E-state index in [1.807, 2.05) is 6.07 Å². The summed E-state index contributed by atoms with van der Waals surface area (Å²) in [6, 6.07) is 9.90. The minimum absolute atomic E-state index is 0.0995. The molecule has 9 nitrogen and oxygen atoms in total.